The topological polar surface area (TPSA) is 65.1 Å². The molecule has 1 aliphatic heterocycles. The van der Waals surface area contributed by atoms with Crippen molar-refractivity contribution in [3.8, 4) is 5.75 Å². The van der Waals surface area contributed by atoms with Crippen LogP contribution in [0.1, 0.15) is 58.3 Å². The van der Waals surface area contributed by atoms with Gasteiger partial charge in [0.2, 0.25) is 0 Å². The normalized spacial score (nSPS) is 20.2. The van der Waals surface area contributed by atoms with E-state index in [4.69, 9.17) is 13.9 Å². The number of hydrogen-bond acceptors (Lipinski definition) is 5. The molecule has 0 spiro atoms. The average molecular weight is 436 g/mol. The molecule has 168 valence electrons. The van der Waals surface area contributed by atoms with Crippen LogP contribution in [0.2, 0.25) is 18.1 Å². The Kier molecular flexibility index (Phi) is 7.40. The molecule has 6 nitrogen and oxygen atoms in total. The van der Waals surface area contributed by atoms with Gasteiger partial charge in [0.25, 0.3) is 0 Å². The second-order valence-corrected chi connectivity index (χ2v) is 15.3. The van der Waals surface area contributed by atoms with Crippen molar-refractivity contribution >= 4 is 20.7 Å². The Hall–Kier alpha value is -1.86. The summed E-state index contributed by atoms with van der Waals surface area (Å²) in [7, 11) is -1.99. The molecule has 1 aliphatic rings. The molecule has 2 rings (SSSR count). The first kappa shape index (κ1) is 24.4. The summed E-state index contributed by atoms with van der Waals surface area (Å²) in [4.78, 5) is 25.5. The summed E-state index contributed by atoms with van der Waals surface area (Å²) >= 11 is 0. The molecule has 0 aliphatic carbocycles. The van der Waals surface area contributed by atoms with E-state index in [2.05, 4.69) is 33.9 Å². The molecule has 0 N–H and O–H groups in total. The quantitative estimate of drug-likeness (QED) is 0.449. The molecule has 1 aromatic carbocycles. The lowest BCUT2D eigenvalue weighted by Gasteiger charge is -2.38. The maximum atomic E-state index is 12.8. The number of ether oxygens (including phenoxy) is 2. The van der Waals surface area contributed by atoms with Gasteiger partial charge >= 0.3 is 6.09 Å². The predicted octanol–water partition coefficient (Wildman–Crippen LogP) is 5.28. The minimum absolute atomic E-state index is 0.0728. The van der Waals surface area contributed by atoms with E-state index in [1.54, 1.807) is 29.2 Å². The van der Waals surface area contributed by atoms with E-state index in [1.807, 2.05) is 20.8 Å². The highest BCUT2D eigenvalue weighted by molar-refractivity contribution is 6.74. The zero-order chi connectivity index (χ0) is 22.7. The number of aldehydes is 1. The largest absolute Gasteiger partial charge is 0.488 e. The third kappa shape index (κ3) is 6.32. The van der Waals surface area contributed by atoms with Gasteiger partial charge in [0.15, 0.2) is 8.32 Å². The summed E-state index contributed by atoms with van der Waals surface area (Å²) in [6.07, 6.45) is 0.956. The van der Waals surface area contributed by atoms with E-state index in [-0.39, 0.29) is 23.3 Å². The summed E-state index contributed by atoms with van der Waals surface area (Å²) < 4.78 is 18.3. The first-order valence-corrected chi connectivity index (χ1v) is 13.5. The Labute approximate surface area is 182 Å². The number of likely N-dealkylation sites (tertiary alicyclic amines) is 1. The molecule has 30 heavy (non-hydrogen) atoms. The van der Waals surface area contributed by atoms with Crippen molar-refractivity contribution in [2.24, 2.45) is 0 Å². The smallest absolute Gasteiger partial charge is 0.410 e. The zero-order valence-corrected chi connectivity index (χ0v) is 20.7. The standard InChI is InChI=1S/C23H37NO5Si/c1-22(2,3)29-21(26)24-14-13-20(28-18-11-9-17(15-25)10-12-18)19(24)16-27-30(7,8)23(4,5)6/h9-12,15,19-20H,13-14,16H2,1-8H3/t19-,20-/m1/s1. The summed E-state index contributed by atoms with van der Waals surface area (Å²) in [5, 5.41) is 0.0728. The van der Waals surface area contributed by atoms with Crippen LogP contribution in [-0.2, 0) is 9.16 Å². The van der Waals surface area contributed by atoms with Crippen LogP contribution < -0.4 is 4.74 Å². The van der Waals surface area contributed by atoms with Crippen LogP contribution in [0.15, 0.2) is 24.3 Å². The number of carbonyl (C=O) groups excluding carboxylic acids is 2. The molecular formula is C23H37NO5Si. The number of carbonyl (C=O) groups is 2. The van der Waals surface area contributed by atoms with Gasteiger partial charge in [-0.2, -0.15) is 0 Å². The van der Waals surface area contributed by atoms with Gasteiger partial charge in [-0.3, -0.25) is 9.69 Å². The molecule has 1 saturated heterocycles. The van der Waals surface area contributed by atoms with Crippen molar-refractivity contribution in [1.82, 2.24) is 4.90 Å². The molecule has 1 heterocycles. The second kappa shape index (κ2) is 9.10. The third-order valence-corrected chi connectivity index (χ3v) is 10.3. The lowest BCUT2D eigenvalue weighted by atomic mass is 10.1. The average Bonchev–Trinajstić information content (AvgIpc) is 3.01. The van der Waals surface area contributed by atoms with Crippen LogP contribution in [0.3, 0.4) is 0 Å². The number of rotatable bonds is 6. The van der Waals surface area contributed by atoms with E-state index >= 15 is 0 Å². The molecule has 0 saturated carbocycles. The van der Waals surface area contributed by atoms with Gasteiger partial charge in [-0.1, -0.05) is 20.8 Å². The van der Waals surface area contributed by atoms with Crippen LogP contribution in [-0.4, -0.2) is 56.5 Å². The van der Waals surface area contributed by atoms with E-state index in [1.165, 1.54) is 0 Å². The van der Waals surface area contributed by atoms with Crippen LogP contribution in [0, 0.1) is 0 Å². The van der Waals surface area contributed by atoms with Crippen molar-refractivity contribution in [1.29, 1.82) is 0 Å². The number of amides is 1. The number of nitrogens with zero attached hydrogens (tertiary/aromatic N) is 1. The van der Waals surface area contributed by atoms with Gasteiger partial charge in [0.1, 0.15) is 23.7 Å². The monoisotopic (exact) mass is 435 g/mol. The highest BCUT2D eigenvalue weighted by Gasteiger charge is 2.44. The lowest BCUT2D eigenvalue weighted by molar-refractivity contribution is 0.0100. The molecule has 0 bridgehead atoms. The maximum Gasteiger partial charge on any atom is 0.410 e. The minimum Gasteiger partial charge on any atom is -0.488 e. The molecule has 1 fully saturated rings. The minimum atomic E-state index is -1.99. The van der Waals surface area contributed by atoms with Crippen LogP contribution in [0.5, 0.6) is 5.75 Å². The Morgan fingerprint density at radius 2 is 1.73 bits per heavy atom. The Bertz CT molecular complexity index is 733. The van der Waals surface area contributed by atoms with Gasteiger partial charge in [0, 0.05) is 18.5 Å². The van der Waals surface area contributed by atoms with Crippen LogP contribution in [0.25, 0.3) is 0 Å². The van der Waals surface area contributed by atoms with Crippen molar-refractivity contribution in [2.45, 2.75) is 83.8 Å². The van der Waals surface area contributed by atoms with Gasteiger partial charge in [-0.25, -0.2) is 4.79 Å². The fraction of sp³-hybridized carbons (Fsp3) is 0.652. The van der Waals surface area contributed by atoms with E-state index in [0.29, 0.717) is 30.9 Å². The van der Waals surface area contributed by atoms with E-state index in [0.717, 1.165) is 6.29 Å². The molecule has 0 aromatic heterocycles. The first-order chi connectivity index (χ1) is 13.7. The summed E-state index contributed by atoms with van der Waals surface area (Å²) in [6, 6.07) is 6.78. The summed E-state index contributed by atoms with van der Waals surface area (Å²) in [6.45, 7) is 17.6. The second-order valence-electron chi connectivity index (χ2n) is 10.4. The van der Waals surface area contributed by atoms with Crippen LogP contribution >= 0.6 is 0 Å². The molecule has 0 radical (unpaired) electrons. The van der Waals surface area contributed by atoms with E-state index < -0.39 is 13.9 Å². The Morgan fingerprint density at radius 3 is 2.23 bits per heavy atom. The fourth-order valence-electron chi connectivity index (χ4n) is 3.02. The van der Waals surface area contributed by atoms with E-state index in [9.17, 15) is 9.59 Å². The van der Waals surface area contributed by atoms with Crippen molar-refractivity contribution < 1.29 is 23.5 Å². The van der Waals surface area contributed by atoms with Gasteiger partial charge < -0.3 is 13.9 Å². The Balaban J connectivity index is 2.19. The van der Waals surface area contributed by atoms with Gasteiger partial charge in [-0.05, 0) is 63.2 Å². The van der Waals surface area contributed by atoms with Crippen LogP contribution in [0.4, 0.5) is 4.79 Å². The summed E-state index contributed by atoms with van der Waals surface area (Å²) in [5.41, 5.74) is 0.0351. The van der Waals surface area contributed by atoms with Crippen molar-refractivity contribution in [3.63, 3.8) is 0 Å². The predicted molar refractivity (Wildman–Crippen MR) is 121 cm³/mol. The first-order valence-electron chi connectivity index (χ1n) is 10.6. The SMILES string of the molecule is CC(C)(C)OC(=O)N1CC[C@@H](Oc2ccc(C=O)cc2)[C@H]1CO[Si](C)(C)C(C)(C)C. The third-order valence-electron chi connectivity index (χ3n) is 5.84. The maximum absolute atomic E-state index is 12.8. The lowest BCUT2D eigenvalue weighted by Crippen LogP contribution is -2.50. The van der Waals surface area contributed by atoms with Crippen molar-refractivity contribution in [3.05, 3.63) is 29.8 Å². The summed E-state index contributed by atoms with van der Waals surface area (Å²) in [5.74, 6) is 0.675. The highest BCUT2D eigenvalue weighted by atomic mass is 28.4. The molecule has 2 atom stereocenters. The van der Waals surface area contributed by atoms with Gasteiger partial charge in [0.05, 0.1) is 12.6 Å². The molecule has 7 heteroatoms. The van der Waals surface area contributed by atoms with Crippen molar-refractivity contribution in [2.75, 3.05) is 13.2 Å². The molecule has 1 amide bonds. The number of benzene rings is 1. The fourth-order valence-corrected chi connectivity index (χ4v) is 4.04. The molecular weight excluding hydrogens is 398 g/mol. The number of hydrogen-bond donors (Lipinski definition) is 0. The molecule has 1 aromatic rings. The van der Waals surface area contributed by atoms with Gasteiger partial charge in [-0.15, -0.1) is 0 Å². The zero-order valence-electron chi connectivity index (χ0n) is 19.7. The highest BCUT2D eigenvalue weighted by Crippen LogP contribution is 2.37. The molecule has 0 unspecified atom stereocenters. The Morgan fingerprint density at radius 1 is 1.13 bits per heavy atom.